The molecule has 3 N–H and O–H groups in total. The van der Waals surface area contributed by atoms with E-state index in [2.05, 4.69) is 5.32 Å². The molecule has 0 bridgehead atoms. The number of nitrogens with one attached hydrogen (secondary N) is 1. The Morgan fingerprint density at radius 1 is 0.960 bits per heavy atom. The second-order valence-electron chi connectivity index (χ2n) is 13.1. The van der Waals surface area contributed by atoms with Crippen LogP contribution in [0.5, 0.6) is 5.75 Å². The lowest BCUT2D eigenvalue weighted by Crippen LogP contribution is -2.46. The number of aromatic hydroxyl groups is 1. The summed E-state index contributed by atoms with van der Waals surface area (Å²) in [7, 11) is 0.487. The van der Waals surface area contributed by atoms with Gasteiger partial charge in [0.1, 0.15) is 0 Å². The van der Waals surface area contributed by atoms with Gasteiger partial charge in [0.15, 0.2) is 11.6 Å². The fraction of sp³-hybridized carbons (Fsp3) is 0.250. The van der Waals surface area contributed by atoms with Crippen molar-refractivity contribution < 1.29 is 33.5 Å². The first kappa shape index (κ1) is 33.5. The van der Waals surface area contributed by atoms with E-state index in [4.69, 9.17) is 9.39 Å². The van der Waals surface area contributed by atoms with Crippen LogP contribution in [-0.4, -0.2) is 48.9 Å². The largest absolute Gasteiger partial charge is 0.505 e. The minimum absolute atomic E-state index is 0.196. The van der Waals surface area contributed by atoms with Crippen LogP contribution in [0.1, 0.15) is 30.4 Å². The summed E-state index contributed by atoms with van der Waals surface area (Å²) in [4.78, 5) is 29.5. The van der Waals surface area contributed by atoms with Crippen LogP contribution in [0.2, 0.25) is 6.32 Å². The molecule has 50 heavy (non-hydrogen) atoms. The first-order chi connectivity index (χ1) is 24.3. The zero-order chi connectivity index (χ0) is 34.8. The molecular weight excluding hydrogens is 634 g/mol. The SMILES string of the molecule is COCC1=C2[C@@H](CC/C(=C/c3ccc(O)c(F)c3)c3ccccc3)OB(O)C[C@@H]2[C@@H]2C(=O)N(c3ccc(Nc4ccccc4)cc3)C(=O)[C@@H]2C1. The molecule has 2 aliphatic heterocycles. The fourth-order valence-electron chi connectivity index (χ4n) is 7.76. The van der Waals surface area contributed by atoms with Crippen LogP contribution in [0, 0.1) is 23.6 Å². The third kappa shape index (κ3) is 6.74. The predicted molar refractivity (Wildman–Crippen MR) is 192 cm³/mol. The summed E-state index contributed by atoms with van der Waals surface area (Å²) < 4.78 is 26.1. The number of phenolic OH excluding ortho intramolecular Hbond substituents is 1. The number of imide groups is 1. The quantitative estimate of drug-likeness (QED) is 0.0706. The second-order valence-corrected chi connectivity index (χ2v) is 13.1. The van der Waals surface area contributed by atoms with Crippen LogP contribution in [0.25, 0.3) is 11.6 Å². The third-order valence-electron chi connectivity index (χ3n) is 9.95. The normalized spacial score (nSPS) is 22.1. The number of halogens is 1. The highest BCUT2D eigenvalue weighted by atomic mass is 19.1. The molecule has 0 radical (unpaired) electrons. The first-order valence-corrected chi connectivity index (χ1v) is 16.9. The number of ether oxygens (including phenoxy) is 1. The van der Waals surface area contributed by atoms with Crippen LogP contribution in [0.4, 0.5) is 21.5 Å². The van der Waals surface area contributed by atoms with E-state index < -0.39 is 42.5 Å². The van der Waals surface area contributed by atoms with Crippen molar-refractivity contribution in [3.63, 3.8) is 0 Å². The third-order valence-corrected chi connectivity index (χ3v) is 9.95. The number of rotatable bonds is 10. The van der Waals surface area contributed by atoms with Crippen molar-refractivity contribution >= 4 is 47.6 Å². The maximum absolute atomic E-state index is 14.3. The lowest BCUT2D eigenvalue weighted by molar-refractivity contribution is -0.122. The van der Waals surface area contributed by atoms with E-state index in [0.29, 0.717) is 30.5 Å². The molecule has 1 aliphatic carbocycles. The Balaban J connectivity index is 1.16. The summed E-state index contributed by atoms with van der Waals surface area (Å²) >= 11 is 0. The molecule has 7 rings (SSSR count). The Bertz CT molecular complexity index is 1930. The van der Waals surface area contributed by atoms with Crippen molar-refractivity contribution in [1.29, 1.82) is 0 Å². The average Bonchev–Trinajstić information content (AvgIpc) is 3.37. The molecule has 0 aromatic heterocycles. The van der Waals surface area contributed by atoms with Gasteiger partial charge in [-0.25, -0.2) is 4.39 Å². The number of carbonyl (C=O) groups is 2. The van der Waals surface area contributed by atoms with E-state index in [0.717, 1.165) is 33.7 Å². The van der Waals surface area contributed by atoms with Gasteiger partial charge >= 0.3 is 7.12 Å². The van der Waals surface area contributed by atoms with Crippen LogP contribution >= 0.6 is 0 Å². The van der Waals surface area contributed by atoms with Crippen molar-refractivity contribution in [1.82, 2.24) is 0 Å². The molecule has 0 spiro atoms. The lowest BCUT2D eigenvalue weighted by Gasteiger charge is -2.43. The maximum atomic E-state index is 14.3. The lowest BCUT2D eigenvalue weighted by atomic mass is 9.58. The summed E-state index contributed by atoms with van der Waals surface area (Å²) in [6, 6.07) is 31.0. The number of benzene rings is 4. The Morgan fingerprint density at radius 3 is 2.36 bits per heavy atom. The number of hydrogen-bond acceptors (Lipinski definition) is 7. The molecule has 0 unspecified atom stereocenters. The number of fused-ring (bicyclic) bond motifs is 3. The number of hydrogen-bond donors (Lipinski definition) is 3. The van der Waals surface area contributed by atoms with Crippen LogP contribution in [0.3, 0.4) is 0 Å². The Morgan fingerprint density at radius 2 is 1.66 bits per heavy atom. The number of amides is 2. The minimum Gasteiger partial charge on any atom is -0.505 e. The number of nitrogens with zero attached hydrogens (tertiary/aromatic N) is 1. The van der Waals surface area contributed by atoms with Crippen LogP contribution < -0.4 is 10.2 Å². The summed E-state index contributed by atoms with van der Waals surface area (Å²) in [6.45, 7) is 0.278. The Labute approximate surface area is 291 Å². The summed E-state index contributed by atoms with van der Waals surface area (Å²) in [6.07, 6.45) is 2.89. The first-order valence-electron chi connectivity index (χ1n) is 16.9. The predicted octanol–water partition coefficient (Wildman–Crippen LogP) is 7.24. The smallest absolute Gasteiger partial charge is 0.455 e. The van der Waals surface area contributed by atoms with E-state index in [1.54, 1.807) is 25.3 Å². The minimum atomic E-state index is -1.12. The molecule has 8 nitrogen and oxygen atoms in total. The number of phenols is 1. The highest BCUT2D eigenvalue weighted by Gasteiger charge is 2.57. The number of methoxy groups -OCH3 is 1. The standard InChI is InChI=1S/C40H38BFN2O6/c1-49-24-28-22-32-38(40(47)44(39(32)46)31-16-14-30(15-17-31)43-29-10-6-3-7-11-29)33-23-41(48)50-36(37(28)33)19-13-27(26-8-4-2-5-9-26)20-25-12-18-35(45)34(42)21-25/h2-12,14-18,20-21,32-33,36,38,43,45,48H,13,19,22-24H2,1H3/b27-20-/t32-,33+,36-,38-/m1/s1. The van der Waals surface area contributed by atoms with Gasteiger partial charge in [0, 0.05) is 18.5 Å². The molecular formula is C40H38BFN2O6. The Hall–Kier alpha value is -5.03. The van der Waals surface area contributed by atoms with Gasteiger partial charge in [0.2, 0.25) is 11.8 Å². The van der Waals surface area contributed by atoms with Crippen molar-refractivity contribution in [2.75, 3.05) is 23.9 Å². The van der Waals surface area contributed by atoms with Gasteiger partial charge in [0.05, 0.1) is 30.2 Å². The highest BCUT2D eigenvalue weighted by molar-refractivity contribution is 6.43. The van der Waals surface area contributed by atoms with Gasteiger partial charge in [-0.1, -0.05) is 60.7 Å². The monoisotopic (exact) mass is 672 g/mol. The highest BCUT2D eigenvalue weighted by Crippen LogP contribution is 2.51. The molecule has 2 saturated heterocycles. The molecule has 3 aliphatic rings. The van der Waals surface area contributed by atoms with E-state index in [1.165, 1.54) is 17.0 Å². The van der Waals surface area contributed by atoms with Crippen LogP contribution in [-0.2, 0) is 19.0 Å². The van der Waals surface area contributed by atoms with E-state index >= 15 is 0 Å². The van der Waals surface area contributed by atoms with Crippen molar-refractivity contribution in [2.24, 2.45) is 17.8 Å². The molecule has 2 heterocycles. The van der Waals surface area contributed by atoms with Gasteiger partial charge in [0.25, 0.3) is 0 Å². The molecule has 2 fully saturated rings. The molecule has 4 atom stereocenters. The van der Waals surface area contributed by atoms with Gasteiger partial charge in [-0.3, -0.25) is 14.5 Å². The van der Waals surface area contributed by atoms with E-state index in [1.807, 2.05) is 78.9 Å². The van der Waals surface area contributed by atoms with E-state index in [-0.39, 0.29) is 24.7 Å². The summed E-state index contributed by atoms with van der Waals surface area (Å²) in [5, 5.41) is 24.1. The fourth-order valence-corrected chi connectivity index (χ4v) is 7.76. The molecule has 0 saturated carbocycles. The molecule has 254 valence electrons. The Kier molecular flexibility index (Phi) is 9.67. The number of allylic oxidation sites excluding steroid dienone is 1. The number of anilines is 3. The second kappa shape index (κ2) is 14.4. The number of carbonyl (C=O) groups excluding carboxylic acids is 2. The number of para-hydroxylation sites is 1. The van der Waals surface area contributed by atoms with Gasteiger partial charge in [-0.05, 0) is 108 Å². The maximum Gasteiger partial charge on any atom is 0.455 e. The zero-order valence-electron chi connectivity index (χ0n) is 27.7. The topological polar surface area (TPSA) is 108 Å². The van der Waals surface area contributed by atoms with Crippen molar-refractivity contribution in [2.45, 2.75) is 31.7 Å². The summed E-state index contributed by atoms with van der Waals surface area (Å²) in [5.74, 6) is -3.24. The molecule has 4 aromatic rings. The molecule has 4 aromatic carbocycles. The van der Waals surface area contributed by atoms with Crippen molar-refractivity contribution in [3.8, 4) is 5.75 Å². The zero-order valence-corrected chi connectivity index (χ0v) is 27.7. The van der Waals surface area contributed by atoms with Gasteiger partial charge in [-0.2, -0.15) is 0 Å². The van der Waals surface area contributed by atoms with Crippen LogP contribution in [0.15, 0.2) is 114 Å². The van der Waals surface area contributed by atoms with Crippen molar-refractivity contribution in [3.05, 3.63) is 131 Å². The molecule has 2 amide bonds. The van der Waals surface area contributed by atoms with Gasteiger partial charge < -0.3 is 24.8 Å². The average molecular weight is 673 g/mol. The van der Waals surface area contributed by atoms with E-state index in [9.17, 15) is 24.1 Å². The summed E-state index contributed by atoms with van der Waals surface area (Å²) in [5.41, 5.74) is 6.58. The molecule has 10 heteroatoms. The van der Waals surface area contributed by atoms with Gasteiger partial charge in [-0.15, -0.1) is 0 Å².